The minimum atomic E-state index is 0.175. The predicted molar refractivity (Wildman–Crippen MR) is 94.9 cm³/mol. The van der Waals surface area contributed by atoms with Crippen molar-refractivity contribution in [2.45, 2.75) is 39.7 Å². The zero-order valence-corrected chi connectivity index (χ0v) is 14.1. The minimum Gasteiger partial charge on any atom is -0.372 e. The first-order valence-corrected chi connectivity index (χ1v) is 7.72. The zero-order chi connectivity index (χ0) is 15.5. The molecular formula is C19H23NS. The van der Waals surface area contributed by atoms with Gasteiger partial charge in [-0.05, 0) is 29.0 Å². The molecule has 0 heterocycles. The molecule has 0 bridgehead atoms. The van der Waals surface area contributed by atoms with Crippen LogP contribution in [0.3, 0.4) is 0 Å². The fraction of sp³-hybridized carbons (Fsp3) is 0.316. The standard InChI is InChI=1S/C19H23NS/c1-14-7-5-6-8-16(14)13-20-18(21)15-9-11-17(12-10-15)19(2,3)4/h5-12H,13H2,1-4H3,(H,20,21). The van der Waals surface area contributed by atoms with Crippen LogP contribution in [0.4, 0.5) is 0 Å². The van der Waals surface area contributed by atoms with Crippen LogP contribution >= 0.6 is 12.2 Å². The molecule has 0 unspecified atom stereocenters. The predicted octanol–water partition coefficient (Wildman–Crippen LogP) is 4.76. The van der Waals surface area contributed by atoms with E-state index in [1.54, 1.807) is 0 Å². The van der Waals surface area contributed by atoms with Crippen LogP contribution in [0.15, 0.2) is 48.5 Å². The smallest absolute Gasteiger partial charge is 0.106 e. The van der Waals surface area contributed by atoms with Crippen molar-refractivity contribution >= 4 is 17.2 Å². The highest BCUT2D eigenvalue weighted by atomic mass is 32.1. The van der Waals surface area contributed by atoms with Gasteiger partial charge in [0.05, 0.1) is 0 Å². The van der Waals surface area contributed by atoms with Gasteiger partial charge in [-0.3, -0.25) is 0 Å². The van der Waals surface area contributed by atoms with Crippen LogP contribution in [-0.2, 0) is 12.0 Å². The van der Waals surface area contributed by atoms with Gasteiger partial charge in [0.15, 0.2) is 0 Å². The lowest BCUT2D eigenvalue weighted by atomic mass is 9.87. The van der Waals surface area contributed by atoms with E-state index in [4.69, 9.17) is 12.2 Å². The normalized spacial score (nSPS) is 11.2. The monoisotopic (exact) mass is 297 g/mol. The lowest BCUT2D eigenvalue weighted by Crippen LogP contribution is -2.22. The van der Waals surface area contributed by atoms with Crippen LogP contribution in [-0.4, -0.2) is 4.99 Å². The van der Waals surface area contributed by atoms with Gasteiger partial charge in [-0.1, -0.05) is 81.5 Å². The summed E-state index contributed by atoms with van der Waals surface area (Å²) in [5.74, 6) is 0. The second-order valence-corrected chi connectivity index (χ2v) is 6.84. The van der Waals surface area contributed by atoms with Gasteiger partial charge >= 0.3 is 0 Å². The van der Waals surface area contributed by atoms with Gasteiger partial charge in [0, 0.05) is 12.1 Å². The van der Waals surface area contributed by atoms with Crippen molar-refractivity contribution in [1.29, 1.82) is 0 Å². The fourth-order valence-corrected chi connectivity index (χ4v) is 2.42. The molecule has 2 heteroatoms. The van der Waals surface area contributed by atoms with Gasteiger partial charge in [-0.25, -0.2) is 0 Å². The van der Waals surface area contributed by atoms with E-state index < -0.39 is 0 Å². The third-order valence-corrected chi connectivity index (χ3v) is 4.09. The Hall–Kier alpha value is -1.67. The molecule has 0 atom stereocenters. The molecule has 1 N–H and O–H groups in total. The summed E-state index contributed by atoms with van der Waals surface area (Å²) in [7, 11) is 0. The molecule has 0 aromatic heterocycles. The molecule has 2 aromatic rings. The summed E-state index contributed by atoms with van der Waals surface area (Å²) in [5.41, 5.74) is 5.15. The summed E-state index contributed by atoms with van der Waals surface area (Å²) in [6, 6.07) is 16.9. The largest absolute Gasteiger partial charge is 0.372 e. The molecule has 0 saturated carbocycles. The van der Waals surface area contributed by atoms with E-state index in [0.29, 0.717) is 0 Å². The van der Waals surface area contributed by atoms with Gasteiger partial charge in [0.25, 0.3) is 0 Å². The van der Waals surface area contributed by atoms with Crippen LogP contribution in [0, 0.1) is 6.92 Å². The third-order valence-electron chi connectivity index (χ3n) is 3.71. The first kappa shape index (κ1) is 15.7. The average Bonchev–Trinajstić information content (AvgIpc) is 2.45. The Balaban J connectivity index is 2.03. The van der Waals surface area contributed by atoms with Crippen LogP contribution in [0.25, 0.3) is 0 Å². The minimum absolute atomic E-state index is 0.175. The van der Waals surface area contributed by atoms with Crippen molar-refractivity contribution in [3.8, 4) is 0 Å². The van der Waals surface area contributed by atoms with Gasteiger partial charge in [-0.15, -0.1) is 0 Å². The molecule has 110 valence electrons. The summed E-state index contributed by atoms with van der Waals surface area (Å²) in [5, 5.41) is 3.35. The highest BCUT2D eigenvalue weighted by molar-refractivity contribution is 7.80. The van der Waals surface area contributed by atoms with E-state index in [2.05, 4.69) is 81.5 Å². The second-order valence-electron chi connectivity index (χ2n) is 6.44. The van der Waals surface area contributed by atoms with E-state index in [-0.39, 0.29) is 5.41 Å². The maximum Gasteiger partial charge on any atom is 0.106 e. The van der Waals surface area contributed by atoms with Crippen molar-refractivity contribution in [1.82, 2.24) is 5.32 Å². The molecule has 0 aliphatic carbocycles. The highest BCUT2D eigenvalue weighted by Gasteiger charge is 2.13. The average molecular weight is 297 g/mol. The first-order valence-electron chi connectivity index (χ1n) is 7.31. The van der Waals surface area contributed by atoms with Crippen molar-refractivity contribution in [3.05, 3.63) is 70.8 Å². The summed E-state index contributed by atoms with van der Waals surface area (Å²) in [6.45, 7) is 9.55. The Kier molecular flexibility index (Phi) is 4.79. The number of rotatable bonds is 3. The molecule has 0 radical (unpaired) electrons. The van der Waals surface area contributed by atoms with Gasteiger partial charge < -0.3 is 5.32 Å². The molecule has 1 nitrogen and oxygen atoms in total. The number of hydrogen-bond donors (Lipinski definition) is 1. The third kappa shape index (κ3) is 4.15. The summed E-state index contributed by atoms with van der Waals surface area (Å²) >= 11 is 5.49. The molecule has 0 aliphatic rings. The first-order chi connectivity index (χ1) is 9.88. The molecule has 0 spiro atoms. The van der Waals surface area contributed by atoms with Crippen molar-refractivity contribution in [3.63, 3.8) is 0 Å². The lowest BCUT2D eigenvalue weighted by Gasteiger charge is -2.19. The van der Waals surface area contributed by atoms with Gasteiger partial charge in [0.1, 0.15) is 4.99 Å². The van der Waals surface area contributed by atoms with Crippen molar-refractivity contribution in [2.24, 2.45) is 0 Å². The highest BCUT2D eigenvalue weighted by Crippen LogP contribution is 2.22. The fourth-order valence-electron chi connectivity index (χ4n) is 2.21. The van der Waals surface area contributed by atoms with E-state index >= 15 is 0 Å². The number of benzene rings is 2. The molecular weight excluding hydrogens is 274 g/mol. The summed E-state index contributed by atoms with van der Waals surface area (Å²) < 4.78 is 0. The summed E-state index contributed by atoms with van der Waals surface area (Å²) in [6.07, 6.45) is 0. The van der Waals surface area contributed by atoms with Gasteiger partial charge in [-0.2, -0.15) is 0 Å². The van der Waals surface area contributed by atoms with Crippen molar-refractivity contribution < 1.29 is 0 Å². The maximum absolute atomic E-state index is 5.49. The van der Waals surface area contributed by atoms with Crippen LogP contribution in [0.5, 0.6) is 0 Å². The molecule has 0 aliphatic heterocycles. The van der Waals surface area contributed by atoms with E-state index in [1.807, 2.05) is 0 Å². The molecule has 2 rings (SSSR count). The summed E-state index contributed by atoms with van der Waals surface area (Å²) in [4.78, 5) is 0.804. The number of nitrogens with one attached hydrogen (secondary N) is 1. The Morgan fingerprint density at radius 3 is 2.19 bits per heavy atom. The Labute approximate surface area is 133 Å². The number of thiocarbonyl (C=S) groups is 1. The maximum atomic E-state index is 5.49. The Morgan fingerprint density at radius 2 is 1.62 bits per heavy atom. The molecule has 0 amide bonds. The lowest BCUT2D eigenvalue weighted by molar-refractivity contribution is 0.590. The molecule has 21 heavy (non-hydrogen) atoms. The molecule has 0 fully saturated rings. The topological polar surface area (TPSA) is 12.0 Å². The van der Waals surface area contributed by atoms with E-state index in [9.17, 15) is 0 Å². The zero-order valence-electron chi connectivity index (χ0n) is 13.2. The van der Waals surface area contributed by atoms with E-state index in [1.165, 1.54) is 16.7 Å². The quantitative estimate of drug-likeness (QED) is 0.820. The second kappa shape index (κ2) is 6.40. The van der Waals surface area contributed by atoms with Crippen LogP contribution in [0.2, 0.25) is 0 Å². The van der Waals surface area contributed by atoms with Crippen LogP contribution in [0.1, 0.15) is 43.0 Å². The molecule has 0 saturated heterocycles. The van der Waals surface area contributed by atoms with Crippen molar-refractivity contribution in [2.75, 3.05) is 0 Å². The van der Waals surface area contributed by atoms with Crippen LogP contribution < -0.4 is 5.32 Å². The van der Waals surface area contributed by atoms with Gasteiger partial charge in [0.2, 0.25) is 0 Å². The number of hydrogen-bond acceptors (Lipinski definition) is 1. The Bertz CT molecular complexity index is 621. The van der Waals surface area contributed by atoms with E-state index in [0.717, 1.165) is 17.1 Å². The Morgan fingerprint density at radius 1 is 1.00 bits per heavy atom. The molecule has 2 aromatic carbocycles. The SMILES string of the molecule is Cc1ccccc1CNC(=S)c1ccc(C(C)(C)C)cc1. The number of aryl methyl sites for hydroxylation is 1.